The summed E-state index contributed by atoms with van der Waals surface area (Å²) in [5.74, 6) is -0.0836. The highest BCUT2D eigenvalue weighted by molar-refractivity contribution is 5.99. The van der Waals surface area contributed by atoms with E-state index in [0.29, 0.717) is 17.8 Å². The summed E-state index contributed by atoms with van der Waals surface area (Å²) in [4.78, 5) is 19.9. The van der Waals surface area contributed by atoms with Crippen molar-refractivity contribution in [2.24, 2.45) is 0 Å². The van der Waals surface area contributed by atoms with Crippen molar-refractivity contribution in [3.8, 4) is 11.3 Å². The molecule has 166 valence electrons. The van der Waals surface area contributed by atoms with E-state index >= 15 is 0 Å². The third-order valence-electron chi connectivity index (χ3n) is 5.99. The number of pyridine rings is 1. The molecule has 5 rings (SSSR count). The predicted octanol–water partition coefficient (Wildman–Crippen LogP) is 4.00. The van der Waals surface area contributed by atoms with E-state index in [1.807, 2.05) is 47.3 Å². The molecule has 2 aromatic heterocycles. The Balaban J connectivity index is 1.31. The number of likely N-dealkylation sites (tertiary alicyclic amines) is 1. The molecule has 6 nitrogen and oxygen atoms in total. The fourth-order valence-corrected chi connectivity index (χ4v) is 4.35. The second-order valence-electron chi connectivity index (χ2n) is 8.50. The first kappa shape index (κ1) is 21.1. The fourth-order valence-electron chi connectivity index (χ4n) is 4.35. The summed E-state index contributed by atoms with van der Waals surface area (Å²) in [6, 6.07) is 24.5. The number of nitrogens with zero attached hydrogens (tertiary/aromatic N) is 4. The average Bonchev–Trinajstić information content (AvgIpc) is 3.48. The molecule has 1 fully saturated rings. The van der Waals surface area contributed by atoms with Gasteiger partial charge in [-0.1, -0.05) is 60.7 Å². The SMILES string of the molecule is O=C(NC1CCN(Cc2ccccc2)C1)c1cn(Cc2ccccc2)nc1-c1cccnc1. The van der Waals surface area contributed by atoms with Crippen molar-refractivity contribution in [3.05, 3.63) is 108 Å². The predicted molar refractivity (Wildman–Crippen MR) is 129 cm³/mol. The van der Waals surface area contributed by atoms with Crippen LogP contribution in [0.4, 0.5) is 0 Å². The molecule has 3 heterocycles. The van der Waals surface area contributed by atoms with Crippen LogP contribution in [-0.4, -0.2) is 44.7 Å². The van der Waals surface area contributed by atoms with Gasteiger partial charge < -0.3 is 5.32 Å². The molecule has 1 saturated heterocycles. The maximum atomic E-state index is 13.3. The second-order valence-corrected chi connectivity index (χ2v) is 8.50. The van der Waals surface area contributed by atoms with Crippen molar-refractivity contribution >= 4 is 5.91 Å². The molecular formula is C27H27N5O. The Morgan fingerprint density at radius 3 is 2.36 bits per heavy atom. The van der Waals surface area contributed by atoms with Crippen LogP contribution >= 0.6 is 0 Å². The number of amides is 1. The molecule has 1 amide bonds. The standard InChI is InChI=1S/C27H27N5O/c33-27(29-24-13-15-31(19-24)17-21-8-3-1-4-9-21)25-20-32(18-22-10-5-2-6-11-22)30-26(25)23-12-7-14-28-16-23/h1-12,14,16,20,24H,13,15,17-19H2,(H,29,33). The number of benzene rings is 2. The molecule has 2 aromatic carbocycles. The van der Waals surface area contributed by atoms with Crippen LogP contribution in [0.3, 0.4) is 0 Å². The van der Waals surface area contributed by atoms with Crippen molar-refractivity contribution in [2.75, 3.05) is 13.1 Å². The lowest BCUT2D eigenvalue weighted by molar-refractivity contribution is 0.0938. The first-order valence-electron chi connectivity index (χ1n) is 11.3. The highest BCUT2D eigenvalue weighted by atomic mass is 16.1. The van der Waals surface area contributed by atoms with Crippen LogP contribution in [0.15, 0.2) is 91.4 Å². The lowest BCUT2D eigenvalue weighted by Gasteiger charge is -2.16. The van der Waals surface area contributed by atoms with Crippen LogP contribution in [0.1, 0.15) is 27.9 Å². The van der Waals surface area contributed by atoms with Gasteiger partial charge >= 0.3 is 0 Å². The zero-order valence-corrected chi connectivity index (χ0v) is 18.5. The molecule has 1 atom stereocenters. The van der Waals surface area contributed by atoms with Crippen LogP contribution in [0.25, 0.3) is 11.3 Å². The van der Waals surface area contributed by atoms with Crippen LogP contribution in [-0.2, 0) is 13.1 Å². The molecule has 1 aliphatic heterocycles. The summed E-state index contributed by atoms with van der Waals surface area (Å²) >= 11 is 0. The molecule has 0 bridgehead atoms. The molecule has 0 radical (unpaired) electrons. The Kier molecular flexibility index (Phi) is 6.26. The Bertz CT molecular complexity index is 1190. The first-order chi connectivity index (χ1) is 16.2. The van der Waals surface area contributed by atoms with Crippen molar-refractivity contribution < 1.29 is 4.79 Å². The van der Waals surface area contributed by atoms with Crippen molar-refractivity contribution in [1.29, 1.82) is 0 Å². The van der Waals surface area contributed by atoms with Crippen LogP contribution < -0.4 is 5.32 Å². The van der Waals surface area contributed by atoms with Gasteiger partial charge in [-0.05, 0) is 29.7 Å². The summed E-state index contributed by atoms with van der Waals surface area (Å²) in [6.45, 7) is 3.34. The fraction of sp³-hybridized carbons (Fsp3) is 0.222. The monoisotopic (exact) mass is 437 g/mol. The van der Waals surface area contributed by atoms with Crippen LogP contribution in [0, 0.1) is 0 Å². The number of hydrogen-bond donors (Lipinski definition) is 1. The van der Waals surface area contributed by atoms with E-state index in [-0.39, 0.29) is 11.9 Å². The summed E-state index contributed by atoms with van der Waals surface area (Å²) in [7, 11) is 0. The van der Waals surface area contributed by atoms with E-state index in [2.05, 4.69) is 51.6 Å². The third kappa shape index (κ3) is 5.18. The Hall–Kier alpha value is -3.77. The molecule has 0 aliphatic carbocycles. The summed E-state index contributed by atoms with van der Waals surface area (Å²) in [6.07, 6.45) is 6.27. The maximum Gasteiger partial charge on any atom is 0.255 e. The van der Waals surface area contributed by atoms with E-state index < -0.39 is 0 Å². The zero-order valence-electron chi connectivity index (χ0n) is 18.5. The lowest BCUT2D eigenvalue weighted by atomic mass is 10.1. The van der Waals surface area contributed by atoms with E-state index in [1.165, 1.54) is 5.56 Å². The van der Waals surface area contributed by atoms with Crippen molar-refractivity contribution in [2.45, 2.75) is 25.6 Å². The van der Waals surface area contributed by atoms with Gasteiger partial charge in [0, 0.05) is 49.8 Å². The minimum absolute atomic E-state index is 0.0836. The average molecular weight is 438 g/mol. The van der Waals surface area contributed by atoms with Gasteiger partial charge in [-0.3, -0.25) is 19.4 Å². The van der Waals surface area contributed by atoms with E-state index in [0.717, 1.165) is 37.2 Å². The molecule has 1 N–H and O–H groups in total. The highest BCUT2D eigenvalue weighted by Crippen LogP contribution is 2.23. The van der Waals surface area contributed by atoms with Gasteiger partial charge in [0.1, 0.15) is 5.69 Å². The maximum absolute atomic E-state index is 13.3. The van der Waals surface area contributed by atoms with Gasteiger partial charge in [0.15, 0.2) is 0 Å². The number of aromatic nitrogens is 3. The normalized spacial score (nSPS) is 16.1. The lowest BCUT2D eigenvalue weighted by Crippen LogP contribution is -2.37. The molecule has 1 aliphatic rings. The van der Waals surface area contributed by atoms with Crippen molar-refractivity contribution in [1.82, 2.24) is 25.0 Å². The van der Waals surface area contributed by atoms with E-state index in [9.17, 15) is 4.79 Å². The summed E-state index contributed by atoms with van der Waals surface area (Å²) in [5, 5.41) is 7.99. The van der Waals surface area contributed by atoms with Gasteiger partial charge in [0.2, 0.25) is 0 Å². The molecule has 0 spiro atoms. The van der Waals surface area contributed by atoms with Gasteiger partial charge in [-0.15, -0.1) is 0 Å². The third-order valence-corrected chi connectivity index (χ3v) is 5.99. The number of hydrogen-bond acceptors (Lipinski definition) is 4. The Labute approximate surface area is 193 Å². The van der Waals surface area contributed by atoms with E-state index in [1.54, 1.807) is 12.4 Å². The quantitative estimate of drug-likeness (QED) is 0.475. The zero-order chi connectivity index (χ0) is 22.5. The number of rotatable bonds is 7. The van der Waals surface area contributed by atoms with Crippen molar-refractivity contribution in [3.63, 3.8) is 0 Å². The molecular weight excluding hydrogens is 410 g/mol. The minimum atomic E-state index is -0.0836. The van der Waals surface area contributed by atoms with Gasteiger partial charge in [0.25, 0.3) is 5.91 Å². The topological polar surface area (TPSA) is 63.1 Å². The molecule has 33 heavy (non-hydrogen) atoms. The molecule has 6 heteroatoms. The van der Waals surface area contributed by atoms with Gasteiger partial charge in [-0.25, -0.2) is 0 Å². The molecule has 1 unspecified atom stereocenters. The smallest absolute Gasteiger partial charge is 0.255 e. The van der Waals surface area contributed by atoms with Gasteiger partial charge in [0.05, 0.1) is 12.1 Å². The Morgan fingerprint density at radius 1 is 0.939 bits per heavy atom. The first-order valence-corrected chi connectivity index (χ1v) is 11.3. The van der Waals surface area contributed by atoms with Crippen LogP contribution in [0.5, 0.6) is 0 Å². The van der Waals surface area contributed by atoms with E-state index in [4.69, 9.17) is 5.10 Å². The summed E-state index contributed by atoms with van der Waals surface area (Å²) < 4.78 is 1.84. The molecule has 0 saturated carbocycles. The number of nitrogens with one attached hydrogen (secondary N) is 1. The second kappa shape index (κ2) is 9.79. The largest absolute Gasteiger partial charge is 0.348 e. The van der Waals surface area contributed by atoms with Gasteiger partial charge in [-0.2, -0.15) is 5.10 Å². The minimum Gasteiger partial charge on any atom is -0.348 e. The van der Waals surface area contributed by atoms with Crippen LogP contribution in [0.2, 0.25) is 0 Å². The highest BCUT2D eigenvalue weighted by Gasteiger charge is 2.26. The number of carbonyl (C=O) groups excluding carboxylic acids is 1. The number of carbonyl (C=O) groups is 1. The Morgan fingerprint density at radius 2 is 1.67 bits per heavy atom. The molecule has 4 aromatic rings. The summed E-state index contributed by atoms with van der Waals surface area (Å²) in [5.41, 5.74) is 4.52.